The molecule has 0 fully saturated rings. The number of aliphatic carboxylic acids is 1. The number of rotatable bonds is 5. The quantitative estimate of drug-likeness (QED) is 0.756. The lowest BCUT2D eigenvalue weighted by molar-refractivity contribution is -0.137. The van der Waals surface area contributed by atoms with E-state index in [1.807, 2.05) is 29.6 Å². The van der Waals surface area contributed by atoms with Crippen molar-refractivity contribution in [2.75, 3.05) is 0 Å². The molecule has 2 aromatic heterocycles. The lowest BCUT2D eigenvalue weighted by atomic mass is 10.1. The number of thiophene rings is 1. The molecule has 0 aliphatic rings. The van der Waals surface area contributed by atoms with Crippen molar-refractivity contribution in [3.05, 3.63) is 58.5 Å². The van der Waals surface area contributed by atoms with Crippen LogP contribution in [0, 0.1) is 0 Å². The van der Waals surface area contributed by atoms with E-state index in [4.69, 9.17) is 9.52 Å². The molecule has 22 heavy (non-hydrogen) atoms. The van der Waals surface area contributed by atoms with E-state index >= 15 is 0 Å². The van der Waals surface area contributed by atoms with Gasteiger partial charge >= 0.3 is 5.97 Å². The summed E-state index contributed by atoms with van der Waals surface area (Å²) in [5.74, 6) is -1.31. The van der Waals surface area contributed by atoms with E-state index in [0.717, 1.165) is 4.88 Å². The topological polar surface area (TPSA) is 79.5 Å². The van der Waals surface area contributed by atoms with E-state index in [9.17, 15) is 9.59 Å². The van der Waals surface area contributed by atoms with Gasteiger partial charge < -0.3 is 14.8 Å². The number of benzene rings is 1. The summed E-state index contributed by atoms with van der Waals surface area (Å²) in [7, 11) is 0. The van der Waals surface area contributed by atoms with Gasteiger partial charge in [-0.05, 0) is 17.5 Å². The third-order valence-corrected chi connectivity index (χ3v) is 4.28. The molecular weight excluding hydrogens is 302 g/mol. The lowest BCUT2D eigenvalue weighted by Gasteiger charge is -2.15. The van der Waals surface area contributed by atoms with Crippen LogP contribution >= 0.6 is 11.3 Å². The number of nitrogens with one attached hydrogen (secondary N) is 1. The third kappa shape index (κ3) is 2.87. The van der Waals surface area contributed by atoms with Gasteiger partial charge in [-0.1, -0.05) is 24.3 Å². The van der Waals surface area contributed by atoms with E-state index in [0.29, 0.717) is 16.5 Å². The van der Waals surface area contributed by atoms with Crippen LogP contribution in [0.25, 0.3) is 11.0 Å². The van der Waals surface area contributed by atoms with Gasteiger partial charge in [0.2, 0.25) is 0 Å². The summed E-state index contributed by atoms with van der Waals surface area (Å²) in [6, 6.07) is 10.3. The molecule has 3 aromatic rings. The van der Waals surface area contributed by atoms with Crippen LogP contribution in [0.5, 0.6) is 0 Å². The molecule has 2 N–H and O–H groups in total. The highest BCUT2D eigenvalue weighted by Crippen LogP contribution is 2.25. The molecule has 0 radical (unpaired) electrons. The van der Waals surface area contributed by atoms with Crippen LogP contribution in [0.3, 0.4) is 0 Å². The van der Waals surface area contributed by atoms with Crippen molar-refractivity contribution in [3.8, 4) is 0 Å². The highest BCUT2D eigenvalue weighted by atomic mass is 32.1. The molecule has 0 saturated carbocycles. The highest BCUT2D eigenvalue weighted by Gasteiger charge is 2.21. The minimum absolute atomic E-state index is 0.165. The van der Waals surface area contributed by atoms with Gasteiger partial charge in [-0.2, -0.15) is 0 Å². The maximum Gasteiger partial charge on any atom is 0.305 e. The first kappa shape index (κ1) is 14.3. The van der Waals surface area contributed by atoms with Crippen molar-refractivity contribution >= 4 is 34.2 Å². The van der Waals surface area contributed by atoms with Gasteiger partial charge in [-0.3, -0.25) is 9.59 Å². The Hall–Kier alpha value is -2.60. The summed E-state index contributed by atoms with van der Waals surface area (Å²) in [4.78, 5) is 24.3. The largest absolute Gasteiger partial charge is 0.481 e. The van der Waals surface area contributed by atoms with E-state index in [-0.39, 0.29) is 12.3 Å². The molecule has 1 atom stereocenters. The average Bonchev–Trinajstić information content (AvgIpc) is 3.15. The Morgan fingerprint density at radius 1 is 1.23 bits per heavy atom. The van der Waals surface area contributed by atoms with Gasteiger partial charge in [0.1, 0.15) is 11.8 Å². The molecule has 1 unspecified atom stereocenters. The van der Waals surface area contributed by atoms with Crippen molar-refractivity contribution in [2.24, 2.45) is 0 Å². The van der Waals surface area contributed by atoms with Crippen molar-refractivity contribution in [1.82, 2.24) is 5.32 Å². The van der Waals surface area contributed by atoms with Crippen LogP contribution in [0.2, 0.25) is 0 Å². The van der Waals surface area contributed by atoms with Crippen LogP contribution in [0.1, 0.15) is 27.7 Å². The van der Waals surface area contributed by atoms with Gasteiger partial charge in [0.25, 0.3) is 5.91 Å². The molecule has 0 aliphatic heterocycles. The summed E-state index contributed by atoms with van der Waals surface area (Å²) >= 11 is 1.41. The normalized spacial score (nSPS) is 12.2. The SMILES string of the molecule is O=C(O)CC(NC(=O)c1coc2ccccc12)c1cccs1. The lowest BCUT2D eigenvalue weighted by Crippen LogP contribution is -2.29. The van der Waals surface area contributed by atoms with E-state index < -0.39 is 12.0 Å². The summed E-state index contributed by atoms with van der Waals surface area (Å²) in [5, 5.41) is 14.4. The minimum atomic E-state index is -0.962. The zero-order valence-electron chi connectivity index (χ0n) is 11.5. The number of carboxylic acids is 1. The second-order valence-corrected chi connectivity index (χ2v) is 5.76. The van der Waals surface area contributed by atoms with Crippen LogP contribution in [-0.4, -0.2) is 17.0 Å². The average molecular weight is 315 g/mol. The standard InChI is InChI=1S/C16H13NO4S/c18-15(19)8-12(14-6-3-7-22-14)17-16(20)11-9-21-13-5-2-1-4-10(11)13/h1-7,9,12H,8H2,(H,17,20)(H,18,19). The minimum Gasteiger partial charge on any atom is -0.481 e. The maximum atomic E-state index is 12.4. The van der Waals surface area contributed by atoms with Crippen LogP contribution < -0.4 is 5.32 Å². The van der Waals surface area contributed by atoms with Crippen LogP contribution in [0.15, 0.2) is 52.5 Å². The van der Waals surface area contributed by atoms with Gasteiger partial charge in [0, 0.05) is 10.3 Å². The number of carbonyl (C=O) groups is 2. The zero-order chi connectivity index (χ0) is 15.5. The third-order valence-electron chi connectivity index (χ3n) is 3.30. The van der Waals surface area contributed by atoms with Gasteiger partial charge in [0.05, 0.1) is 18.0 Å². The first-order valence-corrected chi connectivity index (χ1v) is 7.55. The Kier molecular flexibility index (Phi) is 3.93. The molecule has 1 amide bonds. The number of furan rings is 1. The van der Waals surface area contributed by atoms with Gasteiger partial charge in [-0.15, -0.1) is 11.3 Å². The Labute approximate surface area is 130 Å². The Balaban J connectivity index is 1.86. The van der Waals surface area contributed by atoms with Crippen LogP contribution in [0.4, 0.5) is 0 Å². The number of carbonyl (C=O) groups excluding carboxylic acids is 1. The van der Waals surface area contributed by atoms with E-state index in [1.165, 1.54) is 17.6 Å². The van der Waals surface area contributed by atoms with Crippen molar-refractivity contribution in [1.29, 1.82) is 0 Å². The molecule has 3 rings (SSSR count). The second-order valence-electron chi connectivity index (χ2n) is 4.78. The predicted molar refractivity (Wildman–Crippen MR) is 83.0 cm³/mol. The fourth-order valence-electron chi connectivity index (χ4n) is 2.28. The predicted octanol–water partition coefficient (Wildman–Crippen LogP) is 3.44. The highest BCUT2D eigenvalue weighted by molar-refractivity contribution is 7.10. The number of hydrogen-bond acceptors (Lipinski definition) is 4. The number of fused-ring (bicyclic) bond motifs is 1. The molecule has 0 aliphatic carbocycles. The Bertz CT molecular complexity index is 807. The van der Waals surface area contributed by atoms with E-state index in [1.54, 1.807) is 12.1 Å². The number of carboxylic acid groups (broad SMARTS) is 1. The molecule has 6 heteroatoms. The zero-order valence-corrected chi connectivity index (χ0v) is 12.3. The molecule has 2 heterocycles. The Morgan fingerprint density at radius 2 is 2.05 bits per heavy atom. The maximum absolute atomic E-state index is 12.4. The number of hydrogen-bond donors (Lipinski definition) is 2. The number of para-hydroxylation sites is 1. The first-order valence-electron chi connectivity index (χ1n) is 6.67. The summed E-state index contributed by atoms with van der Waals surface area (Å²) in [6.45, 7) is 0. The van der Waals surface area contributed by atoms with Crippen molar-refractivity contribution in [3.63, 3.8) is 0 Å². The fraction of sp³-hybridized carbons (Fsp3) is 0.125. The second kappa shape index (κ2) is 6.03. The first-order chi connectivity index (χ1) is 10.6. The van der Waals surface area contributed by atoms with Crippen molar-refractivity contribution in [2.45, 2.75) is 12.5 Å². The van der Waals surface area contributed by atoms with Crippen LogP contribution in [-0.2, 0) is 4.79 Å². The molecule has 112 valence electrons. The van der Waals surface area contributed by atoms with Gasteiger partial charge in [0.15, 0.2) is 0 Å². The molecule has 0 spiro atoms. The molecule has 5 nitrogen and oxygen atoms in total. The summed E-state index contributed by atoms with van der Waals surface area (Å²) in [5.41, 5.74) is 1.03. The van der Waals surface area contributed by atoms with Crippen molar-refractivity contribution < 1.29 is 19.1 Å². The summed E-state index contributed by atoms with van der Waals surface area (Å²) in [6.07, 6.45) is 1.23. The molecule has 0 bridgehead atoms. The fourth-order valence-corrected chi connectivity index (χ4v) is 3.05. The van der Waals surface area contributed by atoms with E-state index in [2.05, 4.69) is 5.32 Å². The molecular formula is C16H13NO4S. The molecule has 1 aromatic carbocycles. The summed E-state index contributed by atoms with van der Waals surface area (Å²) < 4.78 is 5.35. The smallest absolute Gasteiger partial charge is 0.305 e. The number of amides is 1. The Morgan fingerprint density at radius 3 is 2.77 bits per heavy atom. The monoisotopic (exact) mass is 315 g/mol. The molecule has 0 saturated heterocycles. The van der Waals surface area contributed by atoms with Gasteiger partial charge in [-0.25, -0.2) is 0 Å².